The van der Waals surface area contributed by atoms with Gasteiger partial charge in [-0.05, 0) is 38.1 Å². The second-order valence-corrected chi connectivity index (χ2v) is 6.10. The number of aliphatic hydroxyl groups is 1. The molecule has 0 spiro atoms. The zero-order valence-electron chi connectivity index (χ0n) is 11.3. The summed E-state index contributed by atoms with van der Waals surface area (Å²) in [6.07, 6.45) is 4.63. The summed E-state index contributed by atoms with van der Waals surface area (Å²) in [5, 5.41) is 9.99. The molecule has 1 N–H and O–H groups in total. The summed E-state index contributed by atoms with van der Waals surface area (Å²) in [4.78, 5) is 2.59. The molecule has 1 saturated heterocycles. The van der Waals surface area contributed by atoms with Crippen LogP contribution in [0.3, 0.4) is 0 Å². The van der Waals surface area contributed by atoms with Gasteiger partial charge in [0.15, 0.2) is 0 Å². The van der Waals surface area contributed by atoms with Crippen LogP contribution in [0.2, 0.25) is 0 Å². The maximum absolute atomic E-state index is 9.99. The minimum absolute atomic E-state index is 0.149. The summed E-state index contributed by atoms with van der Waals surface area (Å²) >= 11 is 0. The van der Waals surface area contributed by atoms with E-state index in [9.17, 15) is 5.11 Å². The highest BCUT2D eigenvalue weighted by Crippen LogP contribution is 2.29. The van der Waals surface area contributed by atoms with Crippen LogP contribution < -0.4 is 0 Å². The molecule has 0 aromatic rings. The van der Waals surface area contributed by atoms with Gasteiger partial charge in [-0.15, -0.1) is 0 Å². The molecule has 1 aliphatic heterocycles. The van der Waals surface area contributed by atoms with Gasteiger partial charge < -0.3 is 9.84 Å². The Balaban J connectivity index is 1.79. The van der Waals surface area contributed by atoms with Gasteiger partial charge >= 0.3 is 0 Å². The van der Waals surface area contributed by atoms with Crippen molar-refractivity contribution in [2.75, 3.05) is 26.3 Å². The standard InChI is InChI=1S/C14H27NO2/c1-11(2)5-7-15(13-3-4-13)9-12-10-17-8-6-14(12)16/h11-14,16H,3-10H2,1-2H3. The molecule has 0 bridgehead atoms. The van der Waals surface area contributed by atoms with Crippen molar-refractivity contribution in [1.82, 2.24) is 4.90 Å². The lowest BCUT2D eigenvalue weighted by Crippen LogP contribution is -2.42. The Morgan fingerprint density at radius 1 is 1.29 bits per heavy atom. The second kappa shape index (κ2) is 6.17. The fourth-order valence-electron chi connectivity index (χ4n) is 2.55. The minimum atomic E-state index is -0.149. The van der Waals surface area contributed by atoms with Crippen LogP contribution in [0.15, 0.2) is 0 Å². The molecular formula is C14H27NO2. The number of nitrogens with zero attached hydrogens (tertiary/aromatic N) is 1. The molecule has 3 nitrogen and oxygen atoms in total. The summed E-state index contributed by atoms with van der Waals surface area (Å²) in [5.74, 6) is 1.10. The lowest BCUT2D eigenvalue weighted by molar-refractivity contribution is -0.0476. The predicted molar refractivity (Wildman–Crippen MR) is 69.0 cm³/mol. The average molecular weight is 241 g/mol. The maximum Gasteiger partial charge on any atom is 0.0624 e. The van der Waals surface area contributed by atoms with Crippen molar-refractivity contribution in [3.05, 3.63) is 0 Å². The van der Waals surface area contributed by atoms with Gasteiger partial charge in [-0.3, -0.25) is 4.90 Å². The smallest absolute Gasteiger partial charge is 0.0624 e. The van der Waals surface area contributed by atoms with Crippen molar-refractivity contribution in [3.63, 3.8) is 0 Å². The molecule has 2 unspecified atom stereocenters. The molecular weight excluding hydrogens is 214 g/mol. The highest BCUT2D eigenvalue weighted by atomic mass is 16.5. The van der Waals surface area contributed by atoms with Gasteiger partial charge in [0.2, 0.25) is 0 Å². The summed E-state index contributed by atoms with van der Waals surface area (Å²) in [7, 11) is 0. The van der Waals surface area contributed by atoms with Crippen LogP contribution in [-0.2, 0) is 4.74 Å². The van der Waals surface area contributed by atoms with Gasteiger partial charge in [0.1, 0.15) is 0 Å². The molecule has 0 aromatic carbocycles. The van der Waals surface area contributed by atoms with E-state index >= 15 is 0 Å². The molecule has 2 aliphatic rings. The Labute approximate surface area is 105 Å². The minimum Gasteiger partial charge on any atom is -0.393 e. The SMILES string of the molecule is CC(C)CCN(CC1COCCC1O)C1CC1. The summed E-state index contributed by atoms with van der Waals surface area (Å²) in [6, 6.07) is 0.794. The van der Waals surface area contributed by atoms with E-state index in [-0.39, 0.29) is 6.10 Å². The molecule has 1 aliphatic carbocycles. The Morgan fingerprint density at radius 3 is 2.65 bits per heavy atom. The first-order chi connectivity index (χ1) is 8.16. The van der Waals surface area contributed by atoms with Gasteiger partial charge in [0.05, 0.1) is 12.7 Å². The largest absolute Gasteiger partial charge is 0.393 e. The van der Waals surface area contributed by atoms with Crippen LogP contribution in [0.1, 0.15) is 39.5 Å². The highest BCUT2D eigenvalue weighted by molar-refractivity contribution is 4.87. The Kier molecular flexibility index (Phi) is 4.83. The topological polar surface area (TPSA) is 32.7 Å². The Bertz CT molecular complexity index is 228. The molecule has 1 heterocycles. The number of hydrogen-bond donors (Lipinski definition) is 1. The number of ether oxygens (including phenoxy) is 1. The summed E-state index contributed by atoms with van der Waals surface area (Å²) < 4.78 is 5.49. The van der Waals surface area contributed by atoms with E-state index in [0.717, 1.165) is 38.1 Å². The van der Waals surface area contributed by atoms with Gasteiger partial charge in [-0.2, -0.15) is 0 Å². The Morgan fingerprint density at radius 2 is 2.06 bits per heavy atom. The first-order valence-electron chi connectivity index (χ1n) is 7.16. The molecule has 0 aromatic heterocycles. The normalized spacial score (nSPS) is 30.2. The first kappa shape index (κ1) is 13.3. The average Bonchev–Trinajstić information content (AvgIpc) is 3.10. The number of rotatable bonds is 6. The third-order valence-electron chi connectivity index (χ3n) is 3.96. The molecule has 0 amide bonds. The maximum atomic E-state index is 9.99. The summed E-state index contributed by atoms with van der Waals surface area (Å²) in [5.41, 5.74) is 0. The van der Waals surface area contributed by atoms with E-state index in [2.05, 4.69) is 18.7 Å². The van der Waals surface area contributed by atoms with Gasteiger partial charge in [-0.25, -0.2) is 0 Å². The van der Waals surface area contributed by atoms with E-state index in [0.29, 0.717) is 5.92 Å². The van der Waals surface area contributed by atoms with Crippen molar-refractivity contribution >= 4 is 0 Å². The molecule has 2 atom stereocenters. The lowest BCUT2D eigenvalue weighted by atomic mass is 9.97. The summed E-state index contributed by atoms with van der Waals surface area (Å²) in [6.45, 7) is 8.25. The fraction of sp³-hybridized carbons (Fsp3) is 1.00. The quantitative estimate of drug-likeness (QED) is 0.771. The second-order valence-electron chi connectivity index (χ2n) is 6.10. The predicted octanol–water partition coefficient (Wildman–Crippen LogP) is 1.89. The van der Waals surface area contributed by atoms with Gasteiger partial charge in [0, 0.05) is 25.1 Å². The van der Waals surface area contributed by atoms with Crippen molar-refractivity contribution in [2.45, 2.75) is 51.7 Å². The van der Waals surface area contributed by atoms with Crippen molar-refractivity contribution in [1.29, 1.82) is 0 Å². The molecule has 100 valence electrons. The third-order valence-corrected chi connectivity index (χ3v) is 3.96. The molecule has 3 heteroatoms. The van der Waals surface area contributed by atoms with Crippen LogP contribution in [0, 0.1) is 11.8 Å². The number of hydrogen-bond acceptors (Lipinski definition) is 3. The van der Waals surface area contributed by atoms with E-state index < -0.39 is 0 Å². The molecule has 2 rings (SSSR count). The zero-order chi connectivity index (χ0) is 12.3. The van der Waals surface area contributed by atoms with Crippen LogP contribution >= 0.6 is 0 Å². The zero-order valence-corrected chi connectivity index (χ0v) is 11.3. The van der Waals surface area contributed by atoms with Crippen LogP contribution in [-0.4, -0.2) is 48.5 Å². The van der Waals surface area contributed by atoms with Crippen LogP contribution in [0.5, 0.6) is 0 Å². The molecule has 1 saturated carbocycles. The van der Waals surface area contributed by atoms with Gasteiger partial charge in [-0.1, -0.05) is 13.8 Å². The van der Waals surface area contributed by atoms with Crippen LogP contribution in [0.25, 0.3) is 0 Å². The monoisotopic (exact) mass is 241 g/mol. The Hall–Kier alpha value is -0.120. The molecule has 17 heavy (non-hydrogen) atoms. The fourth-order valence-corrected chi connectivity index (χ4v) is 2.55. The van der Waals surface area contributed by atoms with E-state index in [1.165, 1.54) is 25.8 Å². The number of aliphatic hydroxyl groups excluding tert-OH is 1. The van der Waals surface area contributed by atoms with Crippen molar-refractivity contribution < 1.29 is 9.84 Å². The van der Waals surface area contributed by atoms with Gasteiger partial charge in [0.25, 0.3) is 0 Å². The van der Waals surface area contributed by atoms with E-state index in [4.69, 9.17) is 4.74 Å². The highest BCUT2D eigenvalue weighted by Gasteiger charge is 2.33. The van der Waals surface area contributed by atoms with E-state index in [1.807, 2.05) is 0 Å². The lowest BCUT2D eigenvalue weighted by Gasteiger charge is -2.33. The van der Waals surface area contributed by atoms with E-state index in [1.54, 1.807) is 0 Å². The first-order valence-corrected chi connectivity index (χ1v) is 7.16. The van der Waals surface area contributed by atoms with Crippen LogP contribution in [0.4, 0.5) is 0 Å². The van der Waals surface area contributed by atoms with Crippen molar-refractivity contribution in [2.24, 2.45) is 11.8 Å². The molecule has 2 fully saturated rings. The third kappa shape index (κ3) is 4.23. The van der Waals surface area contributed by atoms with Crippen molar-refractivity contribution in [3.8, 4) is 0 Å². The molecule has 0 radical (unpaired) electrons.